The number of aliphatic imine (C=N–C) groups is 1. The van der Waals surface area contributed by atoms with Gasteiger partial charge >= 0.3 is 5.97 Å². The van der Waals surface area contributed by atoms with E-state index in [1.807, 2.05) is 34.6 Å². The smallest absolute Gasteiger partial charge is 0.350 e. The van der Waals surface area contributed by atoms with Crippen LogP contribution >= 0.6 is 35.3 Å². The van der Waals surface area contributed by atoms with Crippen molar-refractivity contribution in [2.75, 3.05) is 25.4 Å². The summed E-state index contributed by atoms with van der Waals surface area (Å²) in [6, 6.07) is -0.122. The number of rotatable bonds is 8. The normalized spacial score (nSPS) is 14.0. The van der Waals surface area contributed by atoms with Crippen LogP contribution in [0.1, 0.15) is 68.0 Å². The minimum atomic E-state index is -0.938. The van der Waals surface area contributed by atoms with Crippen molar-refractivity contribution in [2.45, 2.75) is 59.3 Å². The summed E-state index contributed by atoms with van der Waals surface area (Å²) in [7, 11) is -0.938. The summed E-state index contributed by atoms with van der Waals surface area (Å²) in [6.07, 6.45) is 0. The molecule has 7 nitrogen and oxygen atoms in total. The van der Waals surface area contributed by atoms with Crippen LogP contribution in [0, 0.1) is 6.92 Å². The summed E-state index contributed by atoms with van der Waals surface area (Å²) in [5.41, 5.74) is 0.671. The molecule has 0 bridgehead atoms. The molecule has 0 saturated heterocycles. The van der Waals surface area contributed by atoms with Gasteiger partial charge in [-0.1, -0.05) is 0 Å². The van der Waals surface area contributed by atoms with Gasteiger partial charge in [0, 0.05) is 27.8 Å². The van der Waals surface area contributed by atoms with E-state index < -0.39 is 10.8 Å². The maximum Gasteiger partial charge on any atom is 0.350 e. The maximum absolute atomic E-state index is 12.2. The first-order valence-corrected chi connectivity index (χ1v) is 11.3. The molecule has 10 heteroatoms. The van der Waals surface area contributed by atoms with Crippen LogP contribution < -0.4 is 10.6 Å². The highest BCUT2D eigenvalue weighted by atomic mass is 127. The van der Waals surface area contributed by atoms with Crippen LogP contribution in [0.5, 0.6) is 0 Å². The number of thiazole rings is 1. The third-order valence-corrected chi connectivity index (χ3v) is 6.81. The van der Waals surface area contributed by atoms with E-state index in [4.69, 9.17) is 4.74 Å². The van der Waals surface area contributed by atoms with Gasteiger partial charge in [0.05, 0.1) is 24.9 Å². The van der Waals surface area contributed by atoms with Crippen molar-refractivity contribution in [2.24, 2.45) is 4.99 Å². The van der Waals surface area contributed by atoms with E-state index in [1.165, 1.54) is 11.3 Å². The highest BCUT2D eigenvalue weighted by Gasteiger charge is 2.21. The number of carbonyl (C=O) groups is 1. The molecule has 0 saturated carbocycles. The Morgan fingerprint density at radius 1 is 1.36 bits per heavy atom. The van der Waals surface area contributed by atoms with Gasteiger partial charge in [0.15, 0.2) is 5.96 Å². The number of aromatic nitrogens is 1. The fourth-order valence-corrected chi connectivity index (χ4v) is 3.95. The summed E-state index contributed by atoms with van der Waals surface area (Å²) in [5.74, 6) is 0.815. The van der Waals surface area contributed by atoms with Crippen LogP contribution in [0.4, 0.5) is 0 Å². The molecule has 0 aromatic carbocycles. The predicted molar refractivity (Wildman–Crippen MR) is 129 cm³/mol. The molecule has 0 fully saturated rings. The quantitative estimate of drug-likeness (QED) is 0.226. The lowest BCUT2D eigenvalue weighted by Crippen LogP contribution is -2.39. The van der Waals surface area contributed by atoms with E-state index in [-0.39, 0.29) is 40.7 Å². The van der Waals surface area contributed by atoms with Crippen LogP contribution in [-0.4, -0.2) is 51.3 Å². The number of esters is 1. The lowest BCUT2D eigenvalue weighted by molar-refractivity contribution is 0.0531. The Morgan fingerprint density at radius 2 is 2.00 bits per heavy atom. The van der Waals surface area contributed by atoms with Gasteiger partial charge in [-0.2, -0.15) is 0 Å². The largest absolute Gasteiger partial charge is 0.462 e. The molecule has 0 aliphatic carbocycles. The van der Waals surface area contributed by atoms with Crippen molar-refractivity contribution in [3.8, 4) is 0 Å². The Hall–Kier alpha value is -0.750. The van der Waals surface area contributed by atoms with Crippen molar-refractivity contribution >= 4 is 58.0 Å². The molecule has 1 rings (SSSR count). The Morgan fingerprint density at radius 3 is 2.54 bits per heavy atom. The second-order valence-corrected chi connectivity index (χ2v) is 10.3. The van der Waals surface area contributed by atoms with Crippen LogP contribution in [0.15, 0.2) is 4.99 Å². The molecule has 0 aliphatic heterocycles. The number of nitrogens with one attached hydrogen (secondary N) is 2. The average molecular weight is 545 g/mol. The van der Waals surface area contributed by atoms with Crippen LogP contribution in [0.2, 0.25) is 0 Å². The molecule has 2 N–H and O–H groups in total. The first-order chi connectivity index (χ1) is 12.6. The van der Waals surface area contributed by atoms with Crippen molar-refractivity contribution in [1.82, 2.24) is 15.6 Å². The third-order valence-electron chi connectivity index (χ3n) is 3.57. The number of ether oxygens (including phenoxy) is 1. The molecule has 1 heterocycles. The standard InChI is InChI=1S/C18H32N4O3S2.HI/c1-8-19-17(20-10-11-27(24)18(5,6)7)22-13(4)15-21-12(3)14(26-15)16(23)25-9-2;/h13H,8-11H2,1-7H3,(H2,19,20,22);1H. The van der Waals surface area contributed by atoms with Gasteiger partial charge in [0.2, 0.25) is 0 Å². The molecular weight excluding hydrogens is 511 g/mol. The number of hydrogen-bond donors (Lipinski definition) is 2. The van der Waals surface area contributed by atoms with Crippen molar-refractivity contribution in [3.63, 3.8) is 0 Å². The molecule has 1 aromatic heterocycles. The molecule has 0 radical (unpaired) electrons. The molecule has 2 unspecified atom stereocenters. The fraction of sp³-hybridized carbons (Fsp3) is 0.722. The van der Waals surface area contributed by atoms with Gasteiger partial charge in [-0.3, -0.25) is 9.20 Å². The Kier molecular flexibility index (Phi) is 12.4. The molecule has 0 spiro atoms. The lowest BCUT2D eigenvalue weighted by atomic mass is 10.3. The van der Waals surface area contributed by atoms with E-state index in [0.29, 0.717) is 42.0 Å². The lowest BCUT2D eigenvalue weighted by Gasteiger charge is -2.18. The summed E-state index contributed by atoms with van der Waals surface area (Å²) in [4.78, 5) is 21.5. The monoisotopic (exact) mass is 544 g/mol. The average Bonchev–Trinajstić information content (AvgIpc) is 2.96. The van der Waals surface area contributed by atoms with Gasteiger partial charge in [0.1, 0.15) is 9.88 Å². The molecule has 2 atom stereocenters. The van der Waals surface area contributed by atoms with Crippen molar-refractivity contribution in [1.29, 1.82) is 0 Å². The van der Waals surface area contributed by atoms with Gasteiger partial charge < -0.3 is 15.4 Å². The third kappa shape index (κ3) is 8.73. The van der Waals surface area contributed by atoms with Gasteiger partial charge in [0.25, 0.3) is 0 Å². The zero-order valence-electron chi connectivity index (χ0n) is 17.7. The maximum atomic E-state index is 12.2. The Bertz CT molecular complexity index is 687. The topological polar surface area (TPSA) is 92.7 Å². The highest BCUT2D eigenvalue weighted by Crippen LogP contribution is 2.24. The number of aryl methyl sites for hydroxylation is 1. The summed E-state index contributed by atoms with van der Waals surface area (Å²) >= 11 is 1.33. The molecule has 28 heavy (non-hydrogen) atoms. The number of nitrogens with zero attached hydrogens (tertiary/aromatic N) is 2. The molecule has 0 amide bonds. The zero-order chi connectivity index (χ0) is 20.6. The number of carbonyl (C=O) groups excluding carboxylic acids is 1. The first-order valence-electron chi connectivity index (χ1n) is 9.17. The predicted octanol–water partition coefficient (Wildman–Crippen LogP) is 3.41. The minimum Gasteiger partial charge on any atom is -0.462 e. The van der Waals surface area contributed by atoms with Gasteiger partial charge in [-0.05, 0) is 48.5 Å². The summed E-state index contributed by atoms with van der Waals surface area (Å²) in [6.45, 7) is 15.0. The van der Waals surface area contributed by atoms with E-state index >= 15 is 0 Å². The zero-order valence-corrected chi connectivity index (χ0v) is 21.7. The number of hydrogen-bond acceptors (Lipinski definition) is 6. The number of guanidine groups is 1. The van der Waals surface area contributed by atoms with E-state index in [0.717, 1.165) is 5.01 Å². The second kappa shape index (κ2) is 12.7. The first kappa shape index (κ1) is 27.2. The van der Waals surface area contributed by atoms with Crippen LogP contribution in [0.25, 0.3) is 0 Å². The van der Waals surface area contributed by atoms with Crippen molar-refractivity contribution in [3.05, 3.63) is 15.6 Å². The molecule has 162 valence electrons. The van der Waals surface area contributed by atoms with Gasteiger partial charge in [-0.15, -0.1) is 35.3 Å². The molecular formula is C18H33IN4O3S2. The Labute approximate surface area is 192 Å². The highest BCUT2D eigenvalue weighted by molar-refractivity contribution is 14.0. The van der Waals surface area contributed by atoms with Crippen LogP contribution in [-0.2, 0) is 15.5 Å². The van der Waals surface area contributed by atoms with Crippen molar-refractivity contribution < 1.29 is 13.7 Å². The second-order valence-electron chi connectivity index (χ2n) is 6.98. The summed E-state index contributed by atoms with van der Waals surface area (Å²) in [5, 5.41) is 7.27. The van der Waals surface area contributed by atoms with Gasteiger partial charge in [-0.25, -0.2) is 9.78 Å². The minimum absolute atomic E-state index is 0. The molecule has 0 aliphatic rings. The SMILES string of the molecule is CCNC(=NCCS(=O)C(C)(C)C)NC(C)c1nc(C)c(C(=O)OCC)s1.I. The summed E-state index contributed by atoms with van der Waals surface area (Å²) < 4.78 is 17.0. The van der Waals surface area contributed by atoms with E-state index in [9.17, 15) is 9.00 Å². The Balaban J connectivity index is 0.00000729. The molecule has 1 aromatic rings. The number of halogens is 1. The van der Waals surface area contributed by atoms with E-state index in [1.54, 1.807) is 13.8 Å². The van der Waals surface area contributed by atoms with Crippen LogP contribution in [0.3, 0.4) is 0 Å². The fourth-order valence-electron chi connectivity index (χ4n) is 2.12. The van der Waals surface area contributed by atoms with E-state index in [2.05, 4.69) is 20.6 Å².